The van der Waals surface area contributed by atoms with E-state index in [1.54, 1.807) is 0 Å². The zero-order valence-electron chi connectivity index (χ0n) is 13.1. The van der Waals surface area contributed by atoms with E-state index >= 15 is 0 Å². The molecule has 2 N–H and O–H groups in total. The number of thiophene rings is 1. The van der Waals surface area contributed by atoms with Crippen LogP contribution in [-0.2, 0) is 6.54 Å². The fourth-order valence-electron chi connectivity index (χ4n) is 3.36. The lowest BCUT2D eigenvalue weighted by molar-refractivity contribution is 0.00119. The quantitative estimate of drug-likeness (QED) is 0.876. The summed E-state index contributed by atoms with van der Waals surface area (Å²) >= 11 is 1.85. The lowest BCUT2D eigenvalue weighted by Gasteiger charge is -2.50. The molecule has 1 saturated heterocycles. The highest BCUT2D eigenvalue weighted by Crippen LogP contribution is 2.32. The van der Waals surface area contributed by atoms with Crippen molar-refractivity contribution in [3.63, 3.8) is 0 Å². The van der Waals surface area contributed by atoms with Crippen molar-refractivity contribution in [3.05, 3.63) is 22.4 Å². The Morgan fingerprint density at radius 1 is 1.40 bits per heavy atom. The summed E-state index contributed by atoms with van der Waals surface area (Å²) in [6.45, 7) is 12.2. The van der Waals surface area contributed by atoms with Gasteiger partial charge < -0.3 is 10.6 Å². The number of nitrogens with zero attached hydrogens (tertiary/aromatic N) is 2. The smallest absolute Gasteiger partial charge is 0.0362 e. The maximum absolute atomic E-state index is 6.24. The molecule has 0 aromatic carbocycles. The SMILES string of the molecule is CCN1CCC(CN)(N(Cc2cccs2)C(C)C)CC1. The average molecular weight is 295 g/mol. The van der Waals surface area contributed by atoms with E-state index in [0.29, 0.717) is 6.04 Å². The van der Waals surface area contributed by atoms with Crippen LogP contribution in [0.5, 0.6) is 0 Å². The van der Waals surface area contributed by atoms with E-state index < -0.39 is 0 Å². The van der Waals surface area contributed by atoms with Gasteiger partial charge in [0.15, 0.2) is 0 Å². The van der Waals surface area contributed by atoms with Crippen molar-refractivity contribution in [1.82, 2.24) is 9.80 Å². The van der Waals surface area contributed by atoms with Crippen LogP contribution in [0.25, 0.3) is 0 Å². The van der Waals surface area contributed by atoms with Gasteiger partial charge in [0.25, 0.3) is 0 Å². The van der Waals surface area contributed by atoms with Gasteiger partial charge in [-0.3, -0.25) is 4.90 Å². The average Bonchev–Trinajstić information content (AvgIpc) is 2.98. The molecular weight excluding hydrogens is 266 g/mol. The molecule has 2 rings (SSSR count). The lowest BCUT2D eigenvalue weighted by Crippen LogP contribution is -2.60. The highest BCUT2D eigenvalue weighted by atomic mass is 32.1. The molecule has 0 spiro atoms. The van der Waals surface area contributed by atoms with Crippen molar-refractivity contribution in [1.29, 1.82) is 0 Å². The molecule has 114 valence electrons. The minimum Gasteiger partial charge on any atom is -0.329 e. The molecule has 0 amide bonds. The van der Waals surface area contributed by atoms with Crippen molar-refractivity contribution < 1.29 is 0 Å². The van der Waals surface area contributed by atoms with Gasteiger partial charge in [-0.15, -0.1) is 11.3 Å². The molecule has 0 unspecified atom stereocenters. The summed E-state index contributed by atoms with van der Waals surface area (Å²) in [6, 6.07) is 4.92. The zero-order chi connectivity index (χ0) is 14.6. The third kappa shape index (κ3) is 3.42. The fourth-order valence-corrected chi connectivity index (χ4v) is 4.07. The number of piperidine rings is 1. The van der Waals surface area contributed by atoms with Gasteiger partial charge in [-0.2, -0.15) is 0 Å². The maximum atomic E-state index is 6.24. The third-order valence-corrected chi connectivity index (χ3v) is 5.61. The Morgan fingerprint density at radius 3 is 2.55 bits per heavy atom. The van der Waals surface area contributed by atoms with Gasteiger partial charge >= 0.3 is 0 Å². The first kappa shape index (κ1) is 16.0. The molecule has 2 heterocycles. The molecule has 0 radical (unpaired) electrons. The number of hydrogen-bond donors (Lipinski definition) is 1. The van der Waals surface area contributed by atoms with E-state index in [9.17, 15) is 0 Å². The summed E-state index contributed by atoms with van der Waals surface area (Å²) in [4.78, 5) is 6.63. The standard InChI is InChI=1S/C16H29N3S/c1-4-18-9-7-16(13-17,8-10-18)19(14(2)3)12-15-6-5-11-20-15/h5-6,11,14H,4,7-10,12-13,17H2,1-3H3. The fraction of sp³-hybridized carbons (Fsp3) is 0.750. The Morgan fingerprint density at radius 2 is 2.10 bits per heavy atom. The zero-order valence-corrected chi connectivity index (χ0v) is 14.0. The maximum Gasteiger partial charge on any atom is 0.0362 e. The summed E-state index contributed by atoms with van der Waals surface area (Å²) in [6.07, 6.45) is 2.39. The first-order valence-corrected chi connectivity index (χ1v) is 8.71. The molecule has 0 saturated carbocycles. The van der Waals surface area contributed by atoms with Gasteiger partial charge in [-0.05, 0) is 57.8 Å². The van der Waals surface area contributed by atoms with E-state index in [4.69, 9.17) is 5.73 Å². The molecule has 1 aromatic rings. The number of nitrogens with two attached hydrogens (primary N) is 1. The van der Waals surface area contributed by atoms with Crippen LogP contribution >= 0.6 is 11.3 Å². The highest BCUT2D eigenvalue weighted by molar-refractivity contribution is 7.09. The molecule has 4 heteroatoms. The molecule has 0 bridgehead atoms. The molecule has 1 aliphatic rings. The summed E-state index contributed by atoms with van der Waals surface area (Å²) < 4.78 is 0. The number of rotatable bonds is 6. The van der Waals surface area contributed by atoms with Crippen LogP contribution in [0.3, 0.4) is 0 Å². The van der Waals surface area contributed by atoms with Crippen molar-refractivity contribution in [2.75, 3.05) is 26.2 Å². The largest absolute Gasteiger partial charge is 0.329 e. The monoisotopic (exact) mass is 295 g/mol. The predicted molar refractivity (Wildman–Crippen MR) is 88.1 cm³/mol. The van der Waals surface area contributed by atoms with E-state index in [2.05, 4.69) is 48.1 Å². The lowest BCUT2D eigenvalue weighted by atomic mass is 9.84. The Labute approximate surface area is 127 Å². The van der Waals surface area contributed by atoms with Crippen molar-refractivity contribution in [2.45, 2.75) is 51.7 Å². The summed E-state index contributed by atoms with van der Waals surface area (Å²) in [5.41, 5.74) is 6.42. The first-order chi connectivity index (χ1) is 9.61. The second-order valence-electron chi connectivity index (χ2n) is 6.16. The Kier molecular flexibility index (Phi) is 5.61. The highest BCUT2D eigenvalue weighted by Gasteiger charge is 2.39. The van der Waals surface area contributed by atoms with E-state index in [1.165, 1.54) is 30.8 Å². The second kappa shape index (κ2) is 7.03. The Bertz CT molecular complexity index is 380. The number of likely N-dealkylation sites (tertiary alicyclic amines) is 1. The minimum absolute atomic E-state index is 0.184. The minimum atomic E-state index is 0.184. The first-order valence-electron chi connectivity index (χ1n) is 7.83. The van der Waals surface area contributed by atoms with Crippen molar-refractivity contribution >= 4 is 11.3 Å². The second-order valence-corrected chi connectivity index (χ2v) is 7.20. The van der Waals surface area contributed by atoms with E-state index in [1.807, 2.05) is 11.3 Å². The van der Waals surface area contributed by atoms with Crippen LogP contribution in [0.4, 0.5) is 0 Å². The molecule has 1 aromatic heterocycles. The summed E-state index contributed by atoms with van der Waals surface area (Å²) in [7, 11) is 0. The van der Waals surface area contributed by atoms with Crippen LogP contribution in [0, 0.1) is 0 Å². The van der Waals surface area contributed by atoms with Crippen LogP contribution < -0.4 is 5.73 Å². The van der Waals surface area contributed by atoms with Crippen molar-refractivity contribution in [2.24, 2.45) is 5.73 Å². The molecule has 0 aliphatic carbocycles. The van der Waals surface area contributed by atoms with E-state index in [-0.39, 0.29) is 5.54 Å². The van der Waals surface area contributed by atoms with Gasteiger partial charge in [0.1, 0.15) is 0 Å². The predicted octanol–water partition coefficient (Wildman–Crippen LogP) is 2.77. The van der Waals surface area contributed by atoms with Crippen LogP contribution in [0.2, 0.25) is 0 Å². The summed E-state index contributed by atoms with van der Waals surface area (Å²) in [5.74, 6) is 0. The Hall–Kier alpha value is -0.420. The molecular formula is C16H29N3S. The van der Waals surface area contributed by atoms with Crippen LogP contribution in [0.1, 0.15) is 38.5 Å². The van der Waals surface area contributed by atoms with Gasteiger partial charge in [-0.25, -0.2) is 0 Å². The molecule has 0 atom stereocenters. The van der Waals surface area contributed by atoms with E-state index in [0.717, 1.165) is 19.6 Å². The topological polar surface area (TPSA) is 32.5 Å². The van der Waals surface area contributed by atoms with Crippen molar-refractivity contribution in [3.8, 4) is 0 Å². The molecule has 3 nitrogen and oxygen atoms in total. The Balaban J connectivity index is 2.13. The summed E-state index contributed by atoms with van der Waals surface area (Å²) in [5, 5.41) is 2.17. The van der Waals surface area contributed by atoms with Gasteiger partial charge in [-0.1, -0.05) is 13.0 Å². The van der Waals surface area contributed by atoms with Crippen LogP contribution in [0.15, 0.2) is 17.5 Å². The van der Waals surface area contributed by atoms with Gasteiger partial charge in [0, 0.05) is 29.5 Å². The molecule has 20 heavy (non-hydrogen) atoms. The van der Waals surface area contributed by atoms with Gasteiger partial charge in [0.2, 0.25) is 0 Å². The van der Waals surface area contributed by atoms with Crippen LogP contribution in [-0.4, -0.2) is 47.6 Å². The molecule has 1 fully saturated rings. The number of hydrogen-bond acceptors (Lipinski definition) is 4. The normalized spacial score (nSPS) is 19.9. The third-order valence-electron chi connectivity index (χ3n) is 4.75. The molecule has 1 aliphatic heterocycles. The van der Waals surface area contributed by atoms with Gasteiger partial charge in [0.05, 0.1) is 0 Å².